The Kier molecular flexibility index (Phi) is 5.95. The Hall–Kier alpha value is -5.67. The lowest BCUT2D eigenvalue weighted by Gasteiger charge is -2.61. The molecule has 4 bridgehead atoms. The van der Waals surface area contributed by atoms with Crippen molar-refractivity contribution in [3.63, 3.8) is 0 Å². The van der Waals surface area contributed by atoms with Crippen LogP contribution in [0.3, 0.4) is 0 Å². The fraction of sp³-hybridized carbons (Fsp3) is 0.204. The third-order valence-electron chi connectivity index (χ3n) is 13.3. The van der Waals surface area contributed by atoms with Crippen LogP contribution in [0.15, 0.2) is 140 Å². The lowest BCUT2D eigenvalue weighted by molar-refractivity contribution is -0.0399. The van der Waals surface area contributed by atoms with Crippen molar-refractivity contribution in [3.8, 4) is 67.8 Å². The monoisotopic (exact) mass is 671 g/mol. The minimum atomic E-state index is -0.0261. The van der Waals surface area contributed by atoms with Crippen LogP contribution < -0.4 is 9.47 Å². The molecular weight excluding hydrogens is 635 g/mol. The second-order valence-electron chi connectivity index (χ2n) is 16.0. The van der Waals surface area contributed by atoms with E-state index in [0.717, 1.165) is 51.8 Å². The predicted octanol–water partition coefficient (Wildman–Crippen LogP) is 12.9. The second kappa shape index (κ2) is 10.7. The van der Waals surface area contributed by atoms with Crippen molar-refractivity contribution in [1.29, 1.82) is 0 Å². The minimum Gasteiger partial charge on any atom is -0.449 e. The summed E-state index contributed by atoms with van der Waals surface area (Å²) in [5.74, 6) is 6.24. The topological polar surface area (TPSA) is 31.4 Å². The maximum absolute atomic E-state index is 6.80. The molecule has 3 nitrogen and oxygen atoms in total. The fourth-order valence-corrected chi connectivity index (χ4v) is 11.4. The van der Waals surface area contributed by atoms with E-state index in [1.54, 1.807) is 0 Å². The van der Waals surface area contributed by atoms with Crippen molar-refractivity contribution < 1.29 is 9.47 Å². The van der Waals surface area contributed by atoms with Crippen LogP contribution in [0.25, 0.3) is 55.5 Å². The van der Waals surface area contributed by atoms with Gasteiger partial charge in [-0.1, -0.05) is 97.1 Å². The van der Waals surface area contributed by atoms with Gasteiger partial charge in [0.15, 0.2) is 23.0 Å². The zero-order valence-corrected chi connectivity index (χ0v) is 28.9. The van der Waals surface area contributed by atoms with Crippen LogP contribution in [0.1, 0.15) is 43.2 Å². The zero-order chi connectivity index (χ0) is 34.0. The van der Waals surface area contributed by atoms with E-state index in [1.165, 1.54) is 81.8 Å². The van der Waals surface area contributed by atoms with E-state index in [2.05, 4.69) is 115 Å². The van der Waals surface area contributed by atoms with Crippen LogP contribution in [0, 0.1) is 23.7 Å². The summed E-state index contributed by atoms with van der Waals surface area (Å²) in [7, 11) is 0. The summed E-state index contributed by atoms with van der Waals surface area (Å²) < 4.78 is 13.3. The number of para-hydroxylation sites is 2. The van der Waals surface area contributed by atoms with E-state index in [9.17, 15) is 0 Å². The number of rotatable bonds is 3. The number of ether oxygens (including phenoxy) is 2. The fourth-order valence-electron chi connectivity index (χ4n) is 11.4. The number of hydrogen-bond acceptors (Lipinski definition) is 3. The van der Waals surface area contributed by atoms with Crippen LogP contribution in [-0.2, 0) is 5.41 Å². The van der Waals surface area contributed by atoms with Gasteiger partial charge in [-0.25, -0.2) is 4.98 Å². The van der Waals surface area contributed by atoms with Gasteiger partial charge in [0.25, 0.3) is 0 Å². The highest BCUT2D eigenvalue weighted by atomic mass is 16.6. The van der Waals surface area contributed by atoms with Gasteiger partial charge in [-0.3, -0.25) is 0 Å². The Labute approximate surface area is 303 Å². The smallest absolute Gasteiger partial charge is 0.178 e. The van der Waals surface area contributed by atoms with E-state index in [1.807, 2.05) is 24.3 Å². The Morgan fingerprint density at radius 2 is 1.12 bits per heavy atom. The zero-order valence-electron chi connectivity index (χ0n) is 28.9. The normalized spacial score (nSPS) is 24.2. The van der Waals surface area contributed by atoms with Gasteiger partial charge in [0.2, 0.25) is 0 Å². The summed E-state index contributed by atoms with van der Waals surface area (Å²) in [6, 6.07) is 50.4. The van der Waals surface area contributed by atoms with E-state index in [-0.39, 0.29) is 5.41 Å². The summed E-state index contributed by atoms with van der Waals surface area (Å²) in [6.45, 7) is 0. The highest BCUT2D eigenvalue weighted by Gasteiger charge is 2.62. The van der Waals surface area contributed by atoms with E-state index >= 15 is 0 Å². The predicted molar refractivity (Wildman–Crippen MR) is 208 cm³/mol. The van der Waals surface area contributed by atoms with Crippen LogP contribution in [0.4, 0.5) is 0 Å². The molecular formula is C49H37NO2. The molecule has 3 heteroatoms. The summed E-state index contributed by atoms with van der Waals surface area (Å²) in [6.07, 6.45) is 6.71. The Bertz CT molecular complexity index is 2580. The molecule has 4 saturated carbocycles. The van der Waals surface area contributed by atoms with Crippen LogP contribution in [0.5, 0.6) is 23.0 Å². The lowest BCUT2D eigenvalue weighted by atomic mass is 9.43. The molecule has 1 spiro atoms. The molecule has 52 heavy (non-hydrogen) atoms. The average Bonchev–Trinajstić information content (AvgIpc) is 3.49. The lowest BCUT2D eigenvalue weighted by Crippen LogP contribution is -2.55. The standard InChI is InChI=1S/C49H37NO2/c1-2-8-31(9-3-1)36-27-42(34-15-14-32-10-4-5-11-33(32)25-34)50-43(28-36)35-16-17-39-41(26-35)49(37-21-29-20-30(23-37)24-38(49)22-29)40-18-19-46-48(47(39)40)52-45-13-7-6-12-44(45)51-46/h1-19,25-30,37-38H,20-24H2. The summed E-state index contributed by atoms with van der Waals surface area (Å²) >= 11 is 0. The van der Waals surface area contributed by atoms with E-state index in [0.29, 0.717) is 11.8 Å². The molecule has 0 unspecified atom stereocenters. The molecule has 2 heterocycles. The average molecular weight is 672 g/mol. The van der Waals surface area contributed by atoms with Gasteiger partial charge in [-0.05, 0) is 137 Å². The molecule has 0 radical (unpaired) electrons. The summed E-state index contributed by atoms with van der Waals surface area (Å²) in [5, 5.41) is 2.47. The molecule has 1 aromatic heterocycles. The van der Waals surface area contributed by atoms with Gasteiger partial charge in [0.1, 0.15) is 0 Å². The molecule has 0 amide bonds. The van der Waals surface area contributed by atoms with Crippen molar-refractivity contribution in [2.45, 2.75) is 37.5 Å². The molecule has 6 aliphatic rings. The van der Waals surface area contributed by atoms with Crippen molar-refractivity contribution in [1.82, 2.24) is 4.98 Å². The molecule has 250 valence electrons. The van der Waals surface area contributed by atoms with Crippen LogP contribution in [0.2, 0.25) is 0 Å². The molecule has 7 aromatic rings. The number of aromatic nitrogens is 1. The Morgan fingerprint density at radius 3 is 1.88 bits per heavy atom. The highest BCUT2D eigenvalue weighted by molar-refractivity contribution is 5.91. The number of nitrogens with zero attached hydrogens (tertiary/aromatic N) is 1. The molecule has 0 N–H and O–H groups in total. The largest absolute Gasteiger partial charge is 0.449 e. The molecule has 13 rings (SSSR count). The van der Waals surface area contributed by atoms with E-state index in [4.69, 9.17) is 14.5 Å². The molecule has 0 saturated heterocycles. The van der Waals surface area contributed by atoms with Gasteiger partial charge in [-0.15, -0.1) is 0 Å². The summed E-state index contributed by atoms with van der Waals surface area (Å²) in [4.78, 5) is 5.46. The quantitative estimate of drug-likeness (QED) is 0.187. The SMILES string of the molecule is c1ccc(-c2cc(-c3ccc4c(c3)C3(c5ccc6c(c5-4)Oc4ccccc4O6)C4CC5CC(C4)CC3C5)nc(-c3ccc4ccccc4c3)c2)cc1. The number of fused-ring (bicyclic) bond motifs is 7. The van der Waals surface area contributed by atoms with Crippen LogP contribution in [-0.4, -0.2) is 4.98 Å². The van der Waals surface area contributed by atoms with Gasteiger partial charge >= 0.3 is 0 Å². The van der Waals surface area contributed by atoms with Crippen molar-refractivity contribution in [2.75, 3.05) is 0 Å². The third kappa shape index (κ3) is 4.05. The first-order valence-corrected chi connectivity index (χ1v) is 19.0. The number of hydrogen-bond donors (Lipinski definition) is 0. The summed E-state index contributed by atoms with van der Waals surface area (Å²) in [5.41, 5.74) is 12.1. The first-order chi connectivity index (χ1) is 25.7. The first kappa shape index (κ1) is 29.0. The van der Waals surface area contributed by atoms with Gasteiger partial charge in [-0.2, -0.15) is 0 Å². The first-order valence-electron chi connectivity index (χ1n) is 19.0. The van der Waals surface area contributed by atoms with Crippen molar-refractivity contribution >= 4 is 10.8 Å². The molecule has 4 fully saturated rings. The molecule has 6 aromatic carbocycles. The van der Waals surface area contributed by atoms with Crippen molar-refractivity contribution in [3.05, 3.63) is 151 Å². The second-order valence-corrected chi connectivity index (χ2v) is 16.0. The Morgan fingerprint density at radius 1 is 0.462 bits per heavy atom. The number of benzene rings is 6. The third-order valence-corrected chi connectivity index (χ3v) is 13.3. The van der Waals surface area contributed by atoms with Crippen LogP contribution >= 0.6 is 0 Å². The van der Waals surface area contributed by atoms with Gasteiger partial charge in [0, 0.05) is 22.1 Å². The molecule has 5 aliphatic carbocycles. The van der Waals surface area contributed by atoms with Gasteiger partial charge < -0.3 is 9.47 Å². The maximum atomic E-state index is 6.80. The van der Waals surface area contributed by atoms with Crippen molar-refractivity contribution in [2.24, 2.45) is 23.7 Å². The number of pyridine rings is 1. The minimum absolute atomic E-state index is 0.0261. The van der Waals surface area contributed by atoms with Gasteiger partial charge in [0.05, 0.1) is 11.4 Å². The maximum Gasteiger partial charge on any atom is 0.178 e. The molecule has 1 aliphatic heterocycles. The highest BCUT2D eigenvalue weighted by Crippen LogP contribution is 2.71. The molecule has 0 atom stereocenters. The van der Waals surface area contributed by atoms with E-state index < -0.39 is 0 Å². The Balaban J connectivity index is 1.07.